The summed E-state index contributed by atoms with van der Waals surface area (Å²) in [4.78, 5) is 29.5. The van der Waals surface area contributed by atoms with Gasteiger partial charge in [0, 0.05) is 43.7 Å². The van der Waals surface area contributed by atoms with Crippen molar-refractivity contribution in [3.8, 4) is 11.8 Å². The fourth-order valence-electron chi connectivity index (χ4n) is 3.86. The van der Waals surface area contributed by atoms with E-state index in [0.29, 0.717) is 6.54 Å². The number of hydrogen-bond acceptors (Lipinski definition) is 3. The normalized spacial score (nSPS) is 15.0. The second-order valence-corrected chi connectivity index (χ2v) is 7.26. The summed E-state index contributed by atoms with van der Waals surface area (Å²) in [5.74, 6) is 5.23. The van der Waals surface area contributed by atoms with Crippen LogP contribution >= 0.6 is 0 Å². The number of amides is 1. The van der Waals surface area contributed by atoms with Crippen LogP contribution in [0.4, 0.5) is 0 Å². The second kappa shape index (κ2) is 8.80. The molecule has 1 fully saturated rings. The highest BCUT2D eigenvalue weighted by Crippen LogP contribution is 2.24. The number of para-hydroxylation sites is 2. The van der Waals surface area contributed by atoms with Crippen LogP contribution in [0.15, 0.2) is 59.4 Å². The molecule has 1 aromatic heterocycles. The van der Waals surface area contributed by atoms with Crippen molar-refractivity contribution in [3.05, 3.63) is 70.6 Å². The third-order valence-corrected chi connectivity index (χ3v) is 5.35. The van der Waals surface area contributed by atoms with Crippen molar-refractivity contribution in [1.82, 2.24) is 19.8 Å². The van der Waals surface area contributed by atoms with Crippen LogP contribution in [0.25, 0.3) is 11.0 Å². The van der Waals surface area contributed by atoms with Gasteiger partial charge in [0.2, 0.25) is 0 Å². The highest BCUT2D eigenvalue weighted by molar-refractivity contribution is 5.94. The van der Waals surface area contributed by atoms with Crippen molar-refractivity contribution >= 4 is 16.9 Å². The molecule has 1 amide bonds. The van der Waals surface area contributed by atoms with Crippen molar-refractivity contribution < 1.29 is 4.79 Å². The third-order valence-electron chi connectivity index (χ3n) is 5.35. The molecule has 1 saturated heterocycles. The van der Waals surface area contributed by atoms with Crippen molar-refractivity contribution in [2.24, 2.45) is 0 Å². The van der Waals surface area contributed by atoms with Crippen LogP contribution < -0.4 is 11.0 Å². The van der Waals surface area contributed by atoms with Gasteiger partial charge in [0.05, 0.1) is 11.0 Å². The van der Waals surface area contributed by atoms with Crippen molar-refractivity contribution in [1.29, 1.82) is 0 Å². The second-order valence-electron chi connectivity index (χ2n) is 7.26. The number of likely N-dealkylation sites (tertiary alicyclic amines) is 1. The smallest absolute Gasteiger partial charge is 0.326 e. The Morgan fingerprint density at radius 1 is 1.07 bits per heavy atom. The lowest BCUT2D eigenvalue weighted by molar-refractivity contribution is -0.115. The van der Waals surface area contributed by atoms with Crippen molar-refractivity contribution in [3.63, 3.8) is 0 Å². The van der Waals surface area contributed by atoms with Gasteiger partial charge in [-0.05, 0) is 37.1 Å². The number of rotatable bonds is 4. The molecule has 0 saturated carbocycles. The minimum absolute atomic E-state index is 0.0334. The number of imidazole rings is 1. The van der Waals surface area contributed by atoms with Crippen LogP contribution in [0.5, 0.6) is 0 Å². The molecule has 6 heteroatoms. The summed E-state index contributed by atoms with van der Waals surface area (Å²) in [5, 5.41) is 2.86. The Balaban J connectivity index is 1.25. The van der Waals surface area contributed by atoms with Gasteiger partial charge in [0.25, 0.3) is 5.91 Å². The Morgan fingerprint density at radius 3 is 2.59 bits per heavy atom. The summed E-state index contributed by atoms with van der Waals surface area (Å²) in [7, 11) is 0. The summed E-state index contributed by atoms with van der Waals surface area (Å²) < 4.78 is 1.90. The molecule has 2 heterocycles. The SMILES string of the molecule is O=C(C#Cc1ccccc1)NCCN1CCC(n2c(=O)[nH]c3ccccc32)CC1. The fourth-order valence-corrected chi connectivity index (χ4v) is 3.86. The number of fused-ring (bicyclic) bond motifs is 1. The molecule has 0 aliphatic carbocycles. The molecule has 4 rings (SSSR count). The van der Waals surface area contributed by atoms with Crippen molar-refractivity contribution in [2.75, 3.05) is 26.2 Å². The molecule has 0 unspecified atom stereocenters. The summed E-state index contributed by atoms with van der Waals surface area (Å²) in [6.45, 7) is 3.17. The van der Waals surface area contributed by atoms with E-state index in [2.05, 4.69) is 27.0 Å². The van der Waals surface area contributed by atoms with E-state index in [1.54, 1.807) is 0 Å². The lowest BCUT2D eigenvalue weighted by Crippen LogP contribution is -2.41. The lowest BCUT2D eigenvalue weighted by Gasteiger charge is -2.32. The van der Waals surface area contributed by atoms with Gasteiger partial charge in [0.15, 0.2) is 0 Å². The van der Waals surface area contributed by atoms with E-state index in [1.807, 2.05) is 59.2 Å². The predicted octanol–water partition coefficient (Wildman–Crippen LogP) is 2.13. The van der Waals surface area contributed by atoms with E-state index in [4.69, 9.17) is 0 Å². The first-order chi connectivity index (χ1) is 14.2. The quantitative estimate of drug-likeness (QED) is 0.673. The summed E-state index contributed by atoms with van der Waals surface area (Å²) >= 11 is 0. The number of carbonyl (C=O) groups is 1. The zero-order chi connectivity index (χ0) is 20.1. The Bertz CT molecular complexity index is 1100. The van der Waals surface area contributed by atoms with Crippen molar-refractivity contribution in [2.45, 2.75) is 18.9 Å². The maximum absolute atomic E-state index is 12.4. The summed E-state index contributed by atoms with van der Waals surface area (Å²) in [6.07, 6.45) is 1.84. The molecule has 29 heavy (non-hydrogen) atoms. The molecule has 6 nitrogen and oxygen atoms in total. The van der Waals surface area contributed by atoms with Crippen LogP contribution in [0.1, 0.15) is 24.4 Å². The van der Waals surface area contributed by atoms with Gasteiger partial charge >= 0.3 is 5.69 Å². The minimum Gasteiger partial charge on any atom is -0.344 e. The first-order valence-corrected chi connectivity index (χ1v) is 9.97. The highest BCUT2D eigenvalue weighted by atomic mass is 16.2. The summed E-state index contributed by atoms with van der Waals surface area (Å²) in [5.41, 5.74) is 2.66. The number of benzene rings is 2. The number of nitrogens with zero attached hydrogens (tertiary/aromatic N) is 2. The van der Waals surface area contributed by atoms with Crippen LogP contribution in [-0.2, 0) is 4.79 Å². The molecule has 0 bridgehead atoms. The van der Waals surface area contributed by atoms with Gasteiger partial charge in [0.1, 0.15) is 0 Å². The number of hydrogen-bond donors (Lipinski definition) is 2. The van der Waals surface area contributed by atoms with Crippen LogP contribution in [-0.4, -0.2) is 46.5 Å². The fraction of sp³-hybridized carbons (Fsp3) is 0.304. The Morgan fingerprint density at radius 2 is 1.79 bits per heavy atom. The zero-order valence-corrected chi connectivity index (χ0v) is 16.2. The Labute approximate surface area is 169 Å². The topological polar surface area (TPSA) is 70.1 Å². The van der Waals surface area contributed by atoms with Gasteiger partial charge in [-0.3, -0.25) is 9.36 Å². The monoisotopic (exact) mass is 388 g/mol. The van der Waals surface area contributed by atoms with E-state index in [-0.39, 0.29) is 17.6 Å². The molecule has 0 spiro atoms. The number of carbonyl (C=O) groups excluding carboxylic acids is 1. The molecular weight excluding hydrogens is 364 g/mol. The molecule has 2 N–H and O–H groups in total. The first-order valence-electron chi connectivity index (χ1n) is 9.97. The standard InChI is InChI=1S/C23H24N4O2/c28-22(11-10-18-6-2-1-3-7-18)24-14-17-26-15-12-19(13-16-26)27-21-9-5-4-8-20(21)25-23(27)29/h1-9,19H,12-17H2,(H,24,28)(H,25,29). The van der Waals surface area contributed by atoms with E-state index in [0.717, 1.165) is 49.1 Å². The van der Waals surface area contributed by atoms with E-state index in [9.17, 15) is 9.59 Å². The van der Waals surface area contributed by atoms with Gasteiger partial charge in [-0.15, -0.1) is 0 Å². The number of aromatic nitrogens is 2. The molecule has 148 valence electrons. The number of H-pyrrole nitrogens is 1. The predicted molar refractivity (Wildman–Crippen MR) is 114 cm³/mol. The average Bonchev–Trinajstić information content (AvgIpc) is 3.09. The zero-order valence-electron chi connectivity index (χ0n) is 16.2. The number of nitrogens with one attached hydrogen (secondary N) is 2. The maximum atomic E-state index is 12.4. The van der Waals surface area contributed by atoms with Crippen LogP contribution in [0.3, 0.4) is 0 Å². The Hall–Kier alpha value is -3.30. The largest absolute Gasteiger partial charge is 0.344 e. The minimum atomic E-state index is -0.255. The van der Waals surface area contributed by atoms with Gasteiger partial charge in [-0.2, -0.15) is 0 Å². The van der Waals surface area contributed by atoms with E-state index >= 15 is 0 Å². The molecule has 0 atom stereocenters. The molecule has 2 aromatic carbocycles. The van der Waals surface area contributed by atoms with E-state index in [1.165, 1.54) is 0 Å². The van der Waals surface area contributed by atoms with Gasteiger partial charge < -0.3 is 15.2 Å². The van der Waals surface area contributed by atoms with Crippen LogP contribution in [0, 0.1) is 11.8 Å². The Kier molecular flexibility index (Phi) is 5.78. The number of aromatic amines is 1. The molecule has 3 aromatic rings. The molecular formula is C23H24N4O2. The number of piperidine rings is 1. The molecule has 0 radical (unpaired) electrons. The lowest BCUT2D eigenvalue weighted by atomic mass is 10.0. The van der Waals surface area contributed by atoms with Crippen LogP contribution in [0.2, 0.25) is 0 Å². The van der Waals surface area contributed by atoms with E-state index < -0.39 is 0 Å². The first kappa shape index (κ1) is 19.0. The maximum Gasteiger partial charge on any atom is 0.326 e. The summed E-state index contributed by atoms with van der Waals surface area (Å²) in [6, 6.07) is 17.5. The highest BCUT2D eigenvalue weighted by Gasteiger charge is 2.23. The van der Waals surface area contributed by atoms with Gasteiger partial charge in [-0.25, -0.2) is 4.79 Å². The van der Waals surface area contributed by atoms with Gasteiger partial charge in [-0.1, -0.05) is 36.3 Å². The molecule has 1 aliphatic rings. The average molecular weight is 388 g/mol. The molecule has 1 aliphatic heterocycles. The third kappa shape index (κ3) is 4.58.